The van der Waals surface area contributed by atoms with Crippen molar-refractivity contribution in [2.45, 2.75) is 19.6 Å². The number of nitrogens with one attached hydrogen (secondary N) is 1. The fourth-order valence-electron chi connectivity index (χ4n) is 2.41. The van der Waals surface area contributed by atoms with Gasteiger partial charge in [-0.25, -0.2) is 0 Å². The molecule has 9 heteroatoms. The molecule has 0 saturated carbocycles. The summed E-state index contributed by atoms with van der Waals surface area (Å²) in [7, 11) is 5.78. The van der Waals surface area contributed by atoms with Crippen LogP contribution in [0.4, 0.5) is 0 Å². The Morgan fingerprint density at radius 3 is 2.50 bits per heavy atom. The lowest BCUT2D eigenvalue weighted by molar-refractivity contribution is 0.284. The minimum Gasteiger partial charge on any atom is -0.493 e. The first-order chi connectivity index (χ1) is 12.1. The number of rotatable bonds is 10. The van der Waals surface area contributed by atoms with Crippen molar-refractivity contribution in [2.24, 2.45) is 0 Å². The van der Waals surface area contributed by atoms with Gasteiger partial charge in [0.25, 0.3) is 0 Å². The SMILES string of the molecule is COc1cc(CNCCCN(C)C)cc(Cl)c1OCc1cccnc1.Cl.Cl.Cl. The monoisotopic (exact) mass is 471 g/mol. The lowest BCUT2D eigenvalue weighted by atomic mass is 10.2. The minimum absolute atomic E-state index is 0. The molecule has 5 nitrogen and oxygen atoms in total. The van der Waals surface area contributed by atoms with Crippen molar-refractivity contribution in [3.63, 3.8) is 0 Å². The number of hydrogen-bond acceptors (Lipinski definition) is 5. The van der Waals surface area contributed by atoms with Crippen molar-refractivity contribution in [1.82, 2.24) is 15.2 Å². The van der Waals surface area contributed by atoms with Crippen molar-refractivity contribution in [1.29, 1.82) is 0 Å². The molecule has 0 atom stereocenters. The van der Waals surface area contributed by atoms with E-state index in [-0.39, 0.29) is 37.2 Å². The normalized spacial score (nSPS) is 9.75. The van der Waals surface area contributed by atoms with Crippen LogP contribution in [0.25, 0.3) is 0 Å². The molecule has 0 amide bonds. The number of aromatic nitrogens is 1. The maximum Gasteiger partial charge on any atom is 0.180 e. The van der Waals surface area contributed by atoms with Crippen LogP contribution in [-0.4, -0.2) is 44.2 Å². The summed E-state index contributed by atoms with van der Waals surface area (Å²) in [5.74, 6) is 1.20. The molecule has 0 aliphatic heterocycles. The van der Waals surface area contributed by atoms with E-state index in [1.54, 1.807) is 19.5 Å². The second-order valence-corrected chi connectivity index (χ2v) is 6.50. The average Bonchev–Trinajstić information content (AvgIpc) is 2.60. The van der Waals surface area contributed by atoms with E-state index in [2.05, 4.69) is 29.3 Å². The number of halogens is 4. The number of methoxy groups -OCH3 is 1. The first-order valence-corrected chi connectivity index (χ1v) is 8.71. The first-order valence-electron chi connectivity index (χ1n) is 8.33. The number of hydrogen-bond donors (Lipinski definition) is 1. The Kier molecular flexibility index (Phi) is 16.6. The molecule has 2 aromatic rings. The Morgan fingerprint density at radius 2 is 1.89 bits per heavy atom. The molecule has 0 bridgehead atoms. The number of nitrogens with zero attached hydrogens (tertiary/aromatic N) is 2. The molecular weight excluding hydrogens is 444 g/mol. The largest absolute Gasteiger partial charge is 0.493 e. The summed E-state index contributed by atoms with van der Waals surface area (Å²) < 4.78 is 11.3. The van der Waals surface area contributed by atoms with Crippen LogP contribution in [0.5, 0.6) is 11.5 Å². The topological polar surface area (TPSA) is 46.6 Å². The molecular formula is C19H29Cl4N3O2. The van der Waals surface area contributed by atoms with Crippen molar-refractivity contribution in [3.8, 4) is 11.5 Å². The Morgan fingerprint density at radius 1 is 1.14 bits per heavy atom. The first kappa shape index (κ1) is 29.3. The van der Waals surface area contributed by atoms with Crippen LogP contribution in [0.2, 0.25) is 5.02 Å². The van der Waals surface area contributed by atoms with Crippen LogP contribution < -0.4 is 14.8 Å². The summed E-state index contributed by atoms with van der Waals surface area (Å²) in [6.45, 7) is 3.16. The van der Waals surface area contributed by atoms with E-state index in [9.17, 15) is 0 Å². The molecule has 0 saturated heterocycles. The molecule has 1 aromatic heterocycles. The van der Waals surface area contributed by atoms with E-state index in [0.29, 0.717) is 23.1 Å². The van der Waals surface area contributed by atoms with Crippen LogP contribution in [0.1, 0.15) is 17.5 Å². The predicted octanol–water partition coefficient (Wildman–Crippen LogP) is 4.63. The molecule has 0 unspecified atom stereocenters. The summed E-state index contributed by atoms with van der Waals surface area (Å²) in [6, 6.07) is 7.72. The second kappa shape index (κ2) is 15.9. The fraction of sp³-hybridized carbons (Fsp3) is 0.421. The maximum absolute atomic E-state index is 6.41. The highest BCUT2D eigenvalue weighted by molar-refractivity contribution is 6.32. The van der Waals surface area contributed by atoms with E-state index >= 15 is 0 Å². The third kappa shape index (κ3) is 10.0. The van der Waals surface area contributed by atoms with Gasteiger partial charge in [-0.05, 0) is 57.4 Å². The zero-order valence-corrected chi connectivity index (χ0v) is 19.5. The third-order valence-corrected chi connectivity index (χ3v) is 3.96. The van der Waals surface area contributed by atoms with Crippen LogP contribution >= 0.6 is 48.8 Å². The van der Waals surface area contributed by atoms with E-state index in [4.69, 9.17) is 21.1 Å². The summed E-state index contributed by atoms with van der Waals surface area (Å²) >= 11 is 6.41. The lowest BCUT2D eigenvalue weighted by Gasteiger charge is -2.15. The highest BCUT2D eigenvalue weighted by Crippen LogP contribution is 2.36. The van der Waals surface area contributed by atoms with Gasteiger partial charge in [0.05, 0.1) is 12.1 Å². The number of pyridine rings is 1. The van der Waals surface area contributed by atoms with E-state index < -0.39 is 0 Å². The molecule has 28 heavy (non-hydrogen) atoms. The quantitative estimate of drug-likeness (QED) is 0.510. The van der Waals surface area contributed by atoms with E-state index in [1.165, 1.54) is 0 Å². The van der Waals surface area contributed by atoms with Crippen LogP contribution in [0.3, 0.4) is 0 Å². The molecule has 160 valence electrons. The van der Waals surface area contributed by atoms with Crippen LogP contribution in [0, 0.1) is 0 Å². The molecule has 2 rings (SSSR count). The Bertz CT molecular complexity index is 661. The molecule has 0 radical (unpaired) electrons. The Hall–Kier alpha value is -0.950. The van der Waals surface area contributed by atoms with Gasteiger partial charge in [-0.15, -0.1) is 37.2 Å². The molecule has 1 heterocycles. The molecule has 1 N–H and O–H groups in total. The summed E-state index contributed by atoms with van der Waals surface area (Å²) in [6.07, 6.45) is 4.61. The smallest absolute Gasteiger partial charge is 0.180 e. The third-order valence-electron chi connectivity index (χ3n) is 3.68. The molecule has 0 aliphatic rings. The van der Waals surface area contributed by atoms with E-state index in [0.717, 1.165) is 37.2 Å². The summed E-state index contributed by atoms with van der Waals surface area (Å²) in [5.41, 5.74) is 2.05. The lowest BCUT2D eigenvalue weighted by Crippen LogP contribution is -2.21. The fourth-order valence-corrected chi connectivity index (χ4v) is 2.70. The van der Waals surface area contributed by atoms with Crippen LogP contribution in [-0.2, 0) is 13.2 Å². The van der Waals surface area contributed by atoms with Crippen molar-refractivity contribution in [3.05, 3.63) is 52.8 Å². The van der Waals surface area contributed by atoms with Gasteiger partial charge < -0.3 is 19.7 Å². The molecule has 1 aromatic carbocycles. The zero-order chi connectivity index (χ0) is 18.1. The van der Waals surface area contributed by atoms with Gasteiger partial charge in [-0.2, -0.15) is 0 Å². The minimum atomic E-state index is 0. The van der Waals surface area contributed by atoms with E-state index in [1.807, 2.05) is 24.3 Å². The van der Waals surface area contributed by atoms with Gasteiger partial charge in [0.1, 0.15) is 6.61 Å². The van der Waals surface area contributed by atoms with Crippen LogP contribution in [0.15, 0.2) is 36.7 Å². The highest BCUT2D eigenvalue weighted by atomic mass is 35.5. The molecule has 0 aliphatic carbocycles. The summed E-state index contributed by atoms with van der Waals surface area (Å²) in [5, 5.41) is 3.97. The maximum atomic E-state index is 6.41. The van der Waals surface area contributed by atoms with Gasteiger partial charge in [0.15, 0.2) is 11.5 Å². The van der Waals surface area contributed by atoms with Crippen molar-refractivity contribution < 1.29 is 9.47 Å². The van der Waals surface area contributed by atoms with Crippen molar-refractivity contribution >= 4 is 48.8 Å². The van der Waals surface area contributed by atoms with Gasteiger partial charge in [0, 0.05) is 24.5 Å². The predicted molar refractivity (Wildman–Crippen MR) is 123 cm³/mol. The Balaban J connectivity index is 0. The Labute approximate surface area is 191 Å². The average molecular weight is 473 g/mol. The summed E-state index contributed by atoms with van der Waals surface area (Å²) in [4.78, 5) is 6.26. The van der Waals surface area contributed by atoms with Gasteiger partial charge in [0.2, 0.25) is 0 Å². The zero-order valence-electron chi connectivity index (χ0n) is 16.3. The number of ether oxygens (including phenoxy) is 2. The second-order valence-electron chi connectivity index (χ2n) is 6.09. The standard InChI is InChI=1S/C19H26ClN3O2.3ClH/c1-23(2)9-5-8-22-13-16-10-17(20)19(18(11-16)24-3)25-14-15-6-4-7-21-12-15;;;/h4,6-7,10-12,22H,5,8-9,13-14H2,1-3H3;3*1H. The van der Waals surface area contributed by atoms with Crippen molar-refractivity contribution in [2.75, 3.05) is 34.3 Å². The molecule has 0 fully saturated rings. The van der Waals surface area contributed by atoms with Gasteiger partial charge in [-0.3, -0.25) is 4.98 Å². The van der Waals surface area contributed by atoms with Gasteiger partial charge >= 0.3 is 0 Å². The number of benzene rings is 1. The molecule has 0 spiro atoms. The van der Waals surface area contributed by atoms with Gasteiger partial charge in [-0.1, -0.05) is 17.7 Å². The highest BCUT2D eigenvalue weighted by Gasteiger charge is 2.12.